The van der Waals surface area contributed by atoms with E-state index in [1.807, 2.05) is 23.6 Å². The number of thioether (sulfide) groups is 1. The molecule has 23 heavy (non-hydrogen) atoms. The SMILES string of the molecule is O=C(C=Cc1cccs1)NCC1CCN(C2CCSCC2)CC1. The van der Waals surface area contributed by atoms with Crippen molar-refractivity contribution >= 4 is 35.1 Å². The molecule has 0 bridgehead atoms. The van der Waals surface area contributed by atoms with Crippen LogP contribution in [0.5, 0.6) is 0 Å². The van der Waals surface area contributed by atoms with Gasteiger partial charge >= 0.3 is 0 Å². The van der Waals surface area contributed by atoms with Crippen LogP contribution >= 0.6 is 23.1 Å². The minimum absolute atomic E-state index is 0.0325. The number of hydrogen-bond acceptors (Lipinski definition) is 4. The maximum Gasteiger partial charge on any atom is 0.244 e. The van der Waals surface area contributed by atoms with Gasteiger partial charge in [0.25, 0.3) is 0 Å². The van der Waals surface area contributed by atoms with Crippen molar-refractivity contribution in [1.29, 1.82) is 0 Å². The molecule has 0 unspecified atom stereocenters. The maximum atomic E-state index is 11.9. The number of piperidine rings is 1. The zero-order chi connectivity index (χ0) is 15.9. The predicted octanol–water partition coefficient (Wildman–Crippen LogP) is 3.49. The molecule has 5 heteroatoms. The van der Waals surface area contributed by atoms with Crippen LogP contribution in [0.3, 0.4) is 0 Å². The summed E-state index contributed by atoms with van der Waals surface area (Å²) in [5.41, 5.74) is 0. The van der Waals surface area contributed by atoms with Crippen LogP contribution in [0, 0.1) is 5.92 Å². The minimum Gasteiger partial charge on any atom is -0.352 e. The van der Waals surface area contributed by atoms with Crippen molar-refractivity contribution in [3.63, 3.8) is 0 Å². The van der Waals surface area contributed by atoms with E-state index in [1.165, 1.54) is 50.3 Å². The summed E-state index contributed by atoms with van der Waals surface area (Å²) in [4.78, 5) is 15.7. The highest BCUT2D eigenvalue weighted by molar-refractivity contribution is 7.99. The highest BCUT2D eigenvalue weighted by Gasteiger charge is 2.26. The summed E-state index contributed by atoms with van der Waals surface area (Å²) in [7, 11) is 0. The first-order valence-electron chi connectivity index (χ1n) is 8.62. The Balaban J connectivity index is 1.35. The molecule has 1 aromatic heterocycles. The summed E-state index contributed by atoms with van der Waals surface area (Å²) in [5.74, 6) is 3.34. The lowest BCUT2D eigenvalue weighted by Gasteiger charge is -2.39. The van der Waals surface area contributed by atoms with Crippen LogP contribution in [-0.4, -0.2) is 48.0 Å². The average molecular weight is 351 g/mol. The van der Waals surface area contributed by atoms with Crippen molar-refractivity contribution < 1.29 is 4.79 Å². The molecule has 3 nitrogen and oxygen atoms in total. The van der Waals surface area contributed by atoms with Gasteiger partial charge in [0.05, 0.1) is 0 Å². The highest BCUT2D eigenvalue weighted by Crippen LogP contribution is 2.26. The number of rotatable bonds is 5. The number of thiophene rings is 1. The lowest BCUT2D eigenvalue weighted by molar-refractivity contribution is -0.116. The monoisotopic (exact) mass is 350 g/mol. The van der Waals surface area contributed by atoms with E-state index >= 15 is 0 Å². The number of nitrogens with one attached hydrogen (secondary N) is 1. The first-order valence-corrected chi connectivity index (χ1v) is 10.7. The number of carbonyl (C=O) groups excluding carboxylic acids is 1. The molecule has 0 atom stereocenters. The molecule has 1 amide bonds. The molecule has 0 radical (unpaired) electrons. The Kier molecular flexibility index (Phi) is 6.60. The second-order valence-electron chi connectivity index (χ2n) is 6.42. The van der Waals surface area contributed by atoms with Gasteiger partial charge in [0, 0.05) is 23.5 Å². The Morgan fingerprint density at radius 1 is 1.26 bits per heavy atom. The predicted molar refractivity (Wildman–Crippen MR) is 101 cm³/mol. The zero-order valence-corrected chi connectivity index (χ0v) is 15.2. The van der Waals surface area contributed by atoms with Crippen LogP contribution < -0.4 is 5.32 Å². The van der Waals surface area contributed by atoms with E-state index in [0.29, 0.717) is 5.92 Å². The zero-order valence-electron chi connectivity index (χ0n) is 13.6. The number of likely N-dealkylation sites (tertiary alicyclic amines) is 1. The first-order chi connectivity index (χ1) is 11.3. The van der Waals surface area contributed by atoms with Gasteiger partial charge in [0.2, 0.25) is 5.91 Å². The molecule has 2 fully saturated rings. The lowest BCUT2D eigenvalue weighted by atomic mass is 9.94. The molecule has 0 saturated carbocycles. The summed E-state index contributed by atoms with van der Waals surface area (Å²) in [6, 6.07) is 4.84. The number of carbonyl (C=O) groups is 1. The largest absolute Gasteiger partial charge is 0.352 e. The van der Waals surface area contributed by atoms with Gasteiger partial charge in [-0.3, -0.25) is 4.79 Å². The second kappa shape index (κ2) is 8.90. The fourth-order valence-corrected chi connectivity index (χ4v) is 5.12. The van der Waals surface area contributed by atoms with Gasteiger partial charge in [-0.1, -0.05) is 6.07 Å². The Morgan fingerprint density at radius 2 is 2.04 bits per heavy atom. The molecule has 0 spiro atoms. The summed E-state index contributed by atoms with van der Waals surface area (Å²) in [6.07, 6.45) is 8.71. The fourth-order valence-electron chi connectivity index (χ4n) is 3.42. The molecule has 3 heterocycles. The third-order valence-electron chi connectivity index (χ3n) is 4.86. The van der Waals surface area contributed by atoms with Crippen molar-refractivity contribution in [3.8, 4) is 0 Å². The Hall–Kier alpha value is -0.780. The van der Waals surface area contributed by atoms with Crippen molar-refractivity contribution in [1.82, 2.24) is 10.2 Å². The van der Waals surface area contributed by atoms with E-state index in [1.54, 1.807) is 17.4 Å². The van der Waals surface area contributed by atoms with E-state index in [2.05, 4.69) is 22.0 Å². The Labute approximate surface area is 147 Å². The van der Waals surface area contributed by atoms with Crippen LogP contribution in [0.25, 0.3) is 6.08 Å². The summed E-state index contributed by atoms with van der Waals surface area (Å²) in [6.45, 7) is 3.24. The molecule has 2 saturated heterocycles. The van der Waals surface area contributed by atoms with Gasteiger partial charge in [-0.25, -0.2) is 0 Å². The van der Waals surface area contributed by atoms with E-state index < -0.39 is 0 Å². The van der Waals surface area contributed by atoms with Crippen LogP contribution in [0.4, 0.5) is 0 Å². The molecule has 0 aromatic carbocycles. The molecule has 3 rings (SSSR count). The summed E-state index contributed by atoms with van der Waals surface area (Å²) in [5, 5.41) is 5.09. The third kappa shape index (κ3) is 5.37. The van der Waals surface area contributed by atoms with Crippen LogP contribution in [0.1, 0.15) is 30.6 Å². The van der Waals surface area contributed by atoms with Crippen molar-refractivity contribution in [2.24, 2.45) is 5.92 Å². The molecule has 1 aromatic rings. The molecular formula is C18H26N2OS2. The molecule has 126 valence electrons. The van der Waals surface area contributed by atoms with Gasteiger partial charge in [-0.05, 0) is 73.7 Å². The van der Waals surface area contributed by atoms with Crippen molar-refractivity contribution in [2.45, 2.75) is 31.7 Å². The average Bonchev–Trinajstić information content (AvgIpc) is 3.13. The number of amides is 1. The highest BCUT2D eigenvalue weighted by atomic mass is 32.2. The number of nitrogens with zero attached hydrogens (tertiary/aromatic N) is 1. The molecule has 2 aliphatic rings. The van der Waals surface area contributed by atoms with Gasteiger partial charge in [-0.15, -0.1) is 11.3 Å². The number of hydrogen-bond donors (Lipinski definition) is 1. The van der Waals surface area contributed by atoms with Crippen LogP contribution in [0.2, 0.25) is 0 Å². The Bertz CT molecular complexity index is 501. The van der Waals surface area contributed by atoms with Gasteiger partial charge in [0.15, 0.2) is 0 Å². The van der Waals surface area contributed by atoms with E-state index in [0.717, 1.165) is 17.5 Å². The van der Waals surface area contributed by atoms with Gasteiger partial charge in [0.1, 0.15) is 0 Å². The third-order valence-corrected chi connectivity index (χ3v) is 6.75. The lowest BCUT2D eigenvalue weighted by Crippen LogP contribution is -2.44. The van der Waals surface area contributed by atoms with Gasteiger partial charge in [-0.2, -0.15) is 11.8 Å². The summed E-state index contributed by atoms with van der Waals surface area (Å²) >= 11 is 3.75. The second-order valence-corrected chi connectivity index (χ2v) is 8.62. The van der Waals surface area contributed by atoms with Crippen LogP contribution in [0.15, 0.2) is 23.6 Å². The van der Waals surface area contributed by atoms with Crippen molar-refractivity contribution in [3.05, 3.63) is 28.5 Å². The van der Waals surface area contributed by atoms with E-state index in [-0.39, 0.29) is 5.91 Å². The van der Waals surface area contributed by atoms with Crippen molar-refractivity contribution in [2.75, 3.05) is 31.1 Å². The van der Waals surface area contributed by atoms with E-state index in [9.17, 15) is 4.79 Å². The smallest absolute Gasteiger partial charge is 0.244 e. The van der Waals surface area contributed by atoms with E-state index in [4.69, 9.17) is 0 Å². The first kappa shape index (κ1) is 17.1. The van der Waals surface area contributed by atoms with Gasteiger partial charge < -0.3 is 10.2 Å². The fraction of sp³-hybridized carbons (Fsp3) is 0.611. The molecule has 1 N–H and O–H groups in total. The minimum atomic E-state index is 0.0325. The normalized spacial score (nSPS) is 21.7. The molecule has 0 aliphatic carbocycles. The maximum absolute atomic E-state index is 11.9. The van der Waals surface area contributed by atoms with Crippen LogP contribution in [-0.2, 0) is 4.79 Å². The quantitative estimate of drug-likeness (QED) is 0.825. The summed E-state index contributed by atoms with van der Waals surface area (Å²) < 4.78 is 0. The molecule has 2 aliphatic heterocycles. The molecular weight excluding hydrogens is 324 g/mol. The Morgan fingerprint density at radius 3 is 2.74 bits per heavy atom. The standard InChI is InChI=1S/C18H26N2OS2/c21-18(4-3-17-2-1-11-23-17)19-14-15-5-9-20(10-6-15)16-7-12-22-13-8-16/h1-4,11,15-16H,5-10,12-14H2,(H,19,21). The topological polar surface area (TPSA) is 32.3 Å².